The minimum Gasteiger partial charge on any atom is -0.374 e. The fourth-order valence-corrected chi connectivity index (χ4v) is 4.82. The lowest BCUT2D eigenvalue weighted by Gasteiger charge is -2.39. The van der Waals surface area contributed by atoms with Crippen molar-refractivity contribution in [1.82, 2.24) is 15.1 Å². The molecule has 1 amide bonds. The first kappa shape index (κ1) is 23.6. The van der Waals surface area contributed by atoms with E-state index >= 15 is 0 Å². The highest BCUT2D eigenvalue weighted by molar-refractivity contribution is 5.95. The molecule has 2 heterocycles. The standard InChI is InChI=1S/C25H31F3N4O/c1-30-12-14-32(15-13-30)23(19-9-10-22-18(16-19)6-5-11-31(22)2)17-29-24(33)20-7-3-4-8-21(20)25(26,27)28/h3-4,7-10,16,23H,5-6,11-15,17H2,1-2H3,(H,29,33). The predicted octanol–water partition coefficient (Wildman–Crippen LogP) is 3.81. The molecule has 0 bridgehead atoms. The largest absolute Gasteiger partial charge is 0.417 e. The molecule has 2 aromatic rings. The topological polar surface area (TPSA) is 38.8 Å². The van der Waals surface area contributed by atoms with Crippen molar-refractivity contribution in [3.8, 4) is 0 Å². The lowest BCUT2D eigenvalue weighted by atomic mass is 9.95. The molecule has 0 saturated carbocycles. The molecule has 178 valence electrons. The van der Waals surface area contributed by atoms with Crippen LogP contribution in [0.4, 0.5) is 18.9 Å². The average Bonchev–Trinajstić information content (AvgIpc) is 2.80. The molecule has 0 aromatic heterocycles. The molecule has 33 heavy (non-hydrogen) atoms. The van der Waals surface area contributed by atoms with E-state index in [0.29, 0.717) is 0 Å². The summed E-state index contributed by atoms with van der Waals surface area (Å²) in [6.45, 7) is 4.79. The number of hydrogen-bond donors (Lipinski definition) is 1. The van der Waals surface area contributed by atoms with Gasteiger partial charge in [0.2, 0.25) is 0 Å². The molecular formula is C25H31F3N4O. The second-order valence-corrected chi connectivity index (χ2v) is 9.02. The summed E-state index contributed by atoms with van der Waals surface area (Å²) in [5.74, 6) is -0.695. The van der Waals surface area contributed by atoms with Crippen LogP contribution in [0.15, 0.2) is 42.5 Å². The number of rotatable bonds is 5. The molecule has 1 saturated heterocycles. The molecule has 5 nitrogen and oxygen atoms in total. The van der Waals surface area contributed by atoms with Crippen LogP contribution in [0.25, 0.3) is 0 Å². The number of halogens is 3. The Bertz CT molecular complexity index is 986. The minimum absolute atomic E-state index is 0.0989. The maximum absolute atomic E-state index is 13.4. The van der Waals surface area contributed by atoms with Gasteiger partial charge in [-0.15, -0.1) is 0 Å². The van der Waals surface area contributed by atoms with Gasteiger partial charge in [-0.25, -0.2) is 0 Å². The minimum atomic E-state index is -4.57. The summed E-state index contributed by atoms with van der Waals surface area (Å²) >= 11 is 0. The first-order valence-corrected chi connectivity index (χ1v) is 11.4. The van der Waals surface area contributed by atoms with Gasteiger partial charge in [-0.3, -0.25) is 9.69 Å². The first-order valence-electron chi connectivity index (χ1n) is 11.4. The van der Waals surface area contributed by atoms with Gasteiger partial charge >= 0.3 is 6.18 Å². The second kappa shape index (κ2) is 9.73. The van der Waals surface area contributed by atoms with Gasteiger partial charge in [0.05, 0.1) is 17.2 Å². The Balaban J connectivity index is 1.57. The Morgan fingerprint density at radius 2 is 1.76 bits per heavy atom. The van der Waals surface area contributed by atoms with E-state index in [1.54, 1.807) is 0 Å². The van der Waals surface area contributed by atoms with Gasteiger partial charge in [0.1, 0.15) is 0 Å². The molecule has 0 radical (unpaired) electrons. The summed E-state index contributed by atoms with van der Waals surface area (Å²) in [7, 11) is 4.17. The van der Waals surface area contributed by atoms with Crippen molar-refractivity contribution in [1.29, 1.82) is 0 Å². The molecule has 0 spiro atoms. The number of amides is 1. The van der Waals surface area contributed by atoms with Crippen LogP contribution in [-0.2, 0) is 12.6 Å². The van der Waals surface area contributed by atoms with Crippen LogP contribution < -0.4 is 10.2 Å². The van der Waals surface area contributed by atoms with Gasteiger partial charge in [0.25, 0.3) is 5.91 Å². The maximum atomic E-state index is 13.4. The summed E-state index contributed by atoms with van der Waals surface area (Å²) in [5.41, 5.74) is 2.36. The summed E-state index contributed by atoms with van der Waals surface area (Å²) in [6, 6.07) is 11.3. The fraction of sp³-hybridized carbons (Fsp3) is 0.480. The van der Waals surface area contributed by atoms with Crippen molar-refractivity contribution in [3.05, 3.63) is 64.7 Å². The van der Waals surface area contributed by atoms with Gasteiger partial charge in [0, 0.05) is 52.0 Å². The molecule has 4 rings (SSSR count). The van der Waals surface area contributed by atoms with Crippen LogP contribution in [-0.4, -0.2) is 69.1 Å². The molecule has 1 fully saturated rings. The van der Waals surface area contributed by atoms with Crippen molar-refractivity contribution in [2.75, 3.05) is 58.3 Å². The highest BCUT2D eigenvalue weighted by Crippen LogP contribution is 2.33. The van der Waals surface area contributed by atoms with Gasteiger partial charge in [-0.1, -0.05) is 24.3 Å². The SMILES string of the molecule is CN1CCN(C(CNC(=O)c2ccccc2C(F)(F)F)c2ccc3c(c2)CCCN3C)CC1. The highest BCUT2D eigenvalue weighted by Gasteiger charge is 2.35. The average molecular weight is 461 g/mol. The van der Waals surface area contributed by atoms with Crippen LogP contribution >= 0.6 is 0 Å². The van der Waals surface area contributed by atoms with E-state index in [1.807, 2.05) is 0 Å². The van der Waals surface area contributed by atoms with E-state index in [-0.39, 0.29) is 18.2 Å². The number of carbonyl (C=O) groups excluding carboxylic acids is 1. The van der Waals surface area contributed by atoms with E-state index < -0.39 is 17.6 Å². The maximum Gasteiger partial charge on any atom is 0.417 e. The number of aryl methyl sites for hydroxylation is 1. The number of nitrogens with zero attached hydrogens (tertiary/aromatic N) is 3. The highest BCUT2D eigenvalue weighted by atomic mass is 19.4. The van der Waals surface area contributed by atoms with Gasteiger partial charge in [-0.05, 0) is 49.2 Å². The number of carbonyl (C=O) groups is 1. The van der Waals surface area contributed by atoms with Crippen molar-refractivity contribution in [3.63, 3.8) is 0 Å². The second-order valence-electron chi connectivity index (χ2n) is 9.02. The van der Waals surface area contributed by atoms with E-state index in [9.17, 15) is 18.0 Å². The lowest BCUT2D eigenvalue weighted by Crippen LogP contribution is -2.48. The molecular weight excluding hydrogens is 429 g/mol. The zero-order valence-electron chi connectivity index (χ0n) is 19.2. The zero-order valence-corrected chi connectivity index (χ0v) is 19.2. The van der Waals surface area contributed by atoms with Crippen molar-refractivity contribution in [2.45, 2.75) is 25.1 Å². The van der Waals surface area contributed by atoms with Gasteiger partial charge in [0.15, 0.2) is 0 Å². The Morgan fingerprint density at radius 3 is 2.48 bits per heavy atom. The first-order chi connectivity index (χ1) is 15.7. The molecule has 1 atom stereocenters. The Kier molecular flexibility index (Phi) is 6.95. The number of hydrogen-bond acceptors (Lipinski definition) is 4. The van der Waals surface area contributed by atoms with Crippen molar-refractivity contribution < 1.29 is 18.0 Å². The van der Waals surface area contributed by atoms with E-state index in [1.165, 1.54) is 29.4 Å². The Labute approximate surface area is 193 Å². The smallest absolute Gasteiger partial charge is 0.374 e. The normalized spacial score (nSPS) is 18.6. The van der Waals surface area contributed by atoms with Crippen LogP contribution in [0.5, 0.6) is 0 Å². The summed E-state index contributed by atoms with van der Waals surface area (Å²) in [6.07, 6.45) is -2.47. The quantitative estimate of drug-likeness (QED) is 0.737. The summed E-state index contributed by atoms with van der Waals surface area (Å²) in [4.78, 5) is 19.6. The number of nitrogens with one attached hydrogen (secondary N) is 1. The summed E-state index contributed by atoms with van der Waals surface area (Å²) in [5, 5.41) is 2.80. The van der Waals surface area contributed by atoms with Crippen LogP contribution in [0, 0.1) is 0 Å². The third kappa shape index (κ3) is 5.33. The number of piperazine rings is 1. The lowest BCUT2D eigenvalue weighted by molar-refractivity contribution is -0.137. The van der Waals surface area contributed by atoms with Gasteiger partial charge < -0.3 is 15.1 Å². The Hall–Kier alpha value is -2.58. The third-order valence-electron chi connectivity index (χ3n) is 6.75. The fourth-order valence-electron chi connectivity index (χ4n) is 4.82. The Morgan fingerprint density at radius 1 is 1.03 bits per heavy atom. The van der Waals surface area contributed by atoms with Crippen molar-refractivity contribution >= 4 is 11.6 Å². The zero-order chi connectivity index (χ0) is 23.6. The van der Waals surface area contributed by atoms with E-state index in [2.05, 4.69) is 52.3 Å². The van der Waals surface area contributed by atoms with Crippen LogP contribution in [0.3, 0.4) is 0 Å². The third-order valence-corrected chi connectivity index (χ3v) is 6.75. The molecule has 1 N–H and O–H groups in total. The molecule has 1 unspecified atom stereocenters. The van der Waals surface area contributed by atoms with Crippen LogP contribution in [0.2, 0.25) is 0 Å². The van der Waals surface area contributed by atoms with E-state index in [0.717, 1.165) is 57.2 Å². The van der Waals surface area contributed by atoms with Gasteiger partial charge in [-0.2, -0.15) is 13.2 Å². The van der Waals surface area contributed by atoms with Crippen LogP contribution in [0.1, 0.15) is 39.5 Å². The monoisotopic (exact) mass is 460 g/mol. The predicted molar refractivity (Wildman–Crippen MR) is 124 cm³/mol. The molecule has 8 heteroatoms. The van der Waals surface area contributed by atoms with Crippen molar-refractivity contribution in [2.24, 2.45) is 0 Å². The molecule has 2 aliphatic heterocycles. The molecule has 2 aliphatic rings. The number of alkyl halides is 3. The van der Waals surface area contributed by atoms with E-state index in [4.69, 9.17) is 0 Å². The molecule has 2 aromatic carbocycles. The summed E-state index contributed by atoms with van der Waals surface area (Å²) < 4.78 is 40.2. The number of likely N-dealkylation sites (N-methyl/N-ethyl adjacent to an activating group) is 1. The number of anilines is 1. The number of fused-ring (bicyclic) bond motifs is 1. The number of benzene rings is 2. The molecule has 0 aliphatic carbocycles.